The van der Waals surface area contributed by atoms with Crippen molar-refractivity contribution in [2.45, 2.75) is 44.6 Å². The second-order valence-corrected chi connectivity index (χ2v) is 5.51. The van der Waals surface area contributed by atoms with Gasteiger partial charge >= 0.3 is 6.03 Å². The van der Waals surface area contributed by atoms with Crippen LogP contribution in [0.4, 0.5) is 9.18 Å². The molecular weight excluding hydrogens is 255 g/mol. The van der Waals surface area contributed by atoms with E-state index in [-0.39, 0.29) is 11.8 Å². The van der Waals surface area contributed by atoms with E-state index >= 15 is 0 Å². The van der Waals surface area contributed by atoms with Crippen LogP contribution >= 0.6 is 0 Å². The molecule has 0 aromatic heterocycles. The summed E-state index contributed by atoms with van der Waals surface area (Å²) >= 11 is 0. The number of halogens is 1. The Hall–Kier alpha value is -1.58. The Bertz CT molecular complexity index is 427. The average Bonchev–Trinajstić information content (AvgIpc) is 2.49. The molecule has 2 amide bonds. The molecule has 0 spiro atoms. The molecule has 2 rings (SSSR count). The predicted molar refractivity (Wildman–Crippen MR) is 78.1 cm³/mol. The summed E-state index contributed by atoms with van der Waals surface area (Å²) < 4.78 is 12.8. The van der Waals surface area contributed by atoms with E-state index in [9.17, 15) is 9.18 Å². The van der Waals surface area contributed by atoms with Crippen LogP contribution in [0.2, 0.25) is 0 Å². The molecule has 0 bridgehead atoms. The molecule has 1 aromatic rings. The fourth-order valence-electron chi connectivity index (χ4n) is 2.72. The highest BCUT2D eigenvalue weighted by Gasteiger charge is 2.21. The number of amides is 2. The van der Waals surface area contributed by atoms with Crippen molar-refractivity contribution in [1.82, 2.24) is 10.2 Å². The molecule has 0 radical (unpaired) electrons. The van der Waals surface area contributed by atoms with Crippen molar-refractivity contribution in [3.05, 3.63) is 35.6 Å². The summed E-state index contributed by atoms with van der Waals surface area (Å²) in [5.41, 5.74) is 1.03. The van der Waals surface area contributed by atoms with E-state index in [4.69, 9.17) is 0 Å². The van der Waals surface area contributed by atoms with E-state index < -0.39 is 0 Å². The highest BCUT2D eigenvalue weighted by molar-refractivity contribution is 5.74. The molecule has 0 heterocycles. The third-order valence-electron chi connectivity index (χ3n) is 4.05. The number of hydrogen-bond acceptors (Lipinski definition) is 1. The third-order valence-corrected chi connectivity index (χ3v) is 4.05. The number of carbonyl (C=O) groups excluding carboxylic acids is 1. The van der Waals surface area contributed by atoms with Crippen LogP contribution in [0, 0.1) is 5.82 Å². The number of nitrogens with one attached hydrogen (secondary N) is 1. The van der Waals surface area contributed by atoms with Crippen molar-refractivity contribution in [1.29, 1.82) is 0 Å². The monoisotopic (exact) mass is 278 g/mol. The molecule has 4 heteroatoms. The highest BCUT2D eigenvalue weighted by atomic mass is 19.1. The topological polar surface area (TPSA) is 32.3 Å². The minimum atomic E-state index is -0.227. The van der Waals surface area contributed by atoms with Gasteiger partial charge < -0.3 is 10.2 Å². The van der Waals surface area contributed by atoms with Crippen molar-refractivity contribution in [3.63, 3.8) is 0 Å². The number of nitrogens with zero attached hydrogens (tertiary/aromatic N) is 1. The zero-order valence-electron chi connectivity index (χ0n) is 12.1. The lowest BCUT2D eigenvalue weighted by atomic mass is 9.95. The van der Waals surface area contributed by atoms with Gasteiger partial charge in [0.05, 0.1) is 0 Å². The molecule has 110 valence electrons. The van der Waals surface area contributed by atoms with E-state index in [2.05, 4.69) is 5.32 Å². The summed E-state index contributed by atoms with van der Waals surface area (Å²) in [6.45, 7) is 0.585. The number of benzene rings is 1. The smallest absolute Gasteiger partial charge is 0.317 e. The molecule has 1 saturated carbocycles. The van der Waals surface area contributed by atoms with Gasteiger partial charge in [-0.3, -0.25) is 0 Å². The first-order valence-electron chi connectivity index (χ1n) is 7.42. The minimum absolute atomic E-state index is 0.000915. The third kappa shape index (κ3) is 4.22. The van der Waals surface area contributed by atoms with Gasteiger partial charge in [-0.05, 0) is 37.0 Å². The Morgan fingerprint density at radius 2 is 1.90 bits per heavy atom. The first kappa shape index (κ1) is 14.8. The van der Waals surface area contributed by atoms with Crippen LogP contribution in [0.25, 0.3) is 0 Å². The standard InChI is InChI=1S/C16H23FN2O/c1-19(15-5-3-2-4-6-15)16(20)18-12-11-13-7-9-14(17)10-8-13/h7-10,15H,2-6,11-12H2,1H3,(H,18,20). The predicted octanol–water partition coefficient (Wildman–Crippen LogP) is 3.34. The minimum Gasteiger partial charge on any atom is -0.338 e. The molecule has 1 aliphatic rings. The molecule has 1 fully saturated rings. The molecule has 0 saturated heterocycles. The molecule has 1 aromatic carbocycles. The normalized spacial score (nSPS) is 15.9. The van der Waals surface area contributed by atoms with E-state index in [0.29, 0.717) is 12.6 Å². The van der Waals surface area contributed by atoms with Gasteiger partial charge in [0.2, 0.25) is 0 Å². The van der Waals surface area contributed by atoms with Crippen molar-refractivity contribution in [3.8, 4) is 0 Å². The van der Waals surface area contributed by atoms with E-state index in [0.717, 1.165) is 24.8 Å². The second kappa shape index (κ2) is 7.27. The van der Waals surface area contributed by atoms with E-state index in [1.54, 1.807) is 12.1 Å². The van der Waals surface area contributed by atoms with Crippen LogP contribution in [0.15, 0.2) is 24.3 Å². The van der Waals surface area contributed by atoms with Crippen LogP contribution < -0.4 is 5.32 Å². The zero-order chi connectivity index (χ0) is 14.4. The average molecular weight is 278 g/mol. The quantitative estimate of drug-likeness (QED) is 0.900. The fourth-order valence-corrected chi connectivity index (χ4v) is 2.72. The largest absolute Gasteiger partial charge is 0.338 e. The summed E-state index contributed by atoms with van der Waals surface area (Å²) in [5, 5.41) is 2.94. The molecule has 3 nitrogen and oxygen atoms in total. The van der Waals surface area contributed by atoms with Gasteiger partial charge in [-0.1, -0.05) is 31.4 Å². The van der Waals surface area contributed by atoms with Crippen molar-refractivity contribution in [2.24, 2.45) is 0 Å². The number of hydrogen-bond donors (Lipinski definition) is 1. The van der Waals surface area contributed by atoms with Crippen LogP contribution in [-0.4, -0.2) is 30.6 Å². The fraction of sp³-hybridized carbons (Fsp3) is 0.562. The summed E-state index contributed by atoms with van der Waals surface area (Å²) in [6.07, 6.45) is 6.68. The van der Waals surface area contributed by atoms with Gasteiger partial charge in [-0.2, -0.15) is 0 Å². The Labute approximate surface area is 120 Å². The zero-order valence-corrected chi connectivity index (χ0v) is 12.1. The van der Waals surface area contributed by atoms with Gasteiger partial charge in [-0.15, -0.1) is 0 Å². The van der Waals surface area contributed by atoms with Gasteiger partial charge in [0.1, 0.15) is 5.82 Å². The molecule has 0 aliphatic heterocycles. The Kier molecular flexibility index (Phi) is 5.39. The molecule has 0 atom stereocenters. The summed E-state index contributed by atoms with van der Waals surface area (Å²) in [7, 11) is 1.88. The molecule has 1 aliphatic carbocycles. The Morgan fingerprint density at radius 3 is 2.55 bits per heavy atom. The van der Waals surface area contributed by atoms with Gasteiger partial charge in [-0.25, -0.2) is 9.18 Å². The first-order chi connectivity index (χ1) is 9.66. The lowest BCUT2D eigenvalue weighted by molar-refractivity contribution is 0.174. The second-order valence-electron chi connectivity index (χ2n) is 5.51. The molecule has 20 heavy (non-hydrogen) atoms. The molecular formula is C16H23FN2O. The maximum absolute atomic E-state index is 12.8. The number of carbonyl (C=O) groups is 1. The molecule has 1 N–H and O–H groups in total. The van der Waals surface area contributed by atoms with Crippen molar-refractivity contribution in [2.75, 3.05) is 13.6 Å². The maximum atomic E-state index is 12.8. The van der Waals surface area contributed by atoms with Gasteiger partial charge in [0.15, 0.2) is 0 Å². The van der Waals surface area contributed by atoms with Crippen LogP contribution in [0.3, 0.4) is 0 Å². The van der Waals surface area contributed by atoms with Crippen LogP contribution in [0.1, 0.15) is 37.7 Å². The van der Waals surface area contributed by atoms with Crippen LogP contribution in [-0.2, 0) is 6.42 Å². The Balaban J connectivity index is 1.72. The summed E-state index contributed by atoms with van der Waals surface area (Å²) in [6, 6.07) is 6.79. The lowest BCUT2D eigenvalue weighted by Crippen LogP contribution is -2.44. The Morgan fingerprint density at radius 1 is 1.25 bits per heavy atom. The number of rotatable bonds is 4. The first-order valence-corrected chi connectivity index (χ1v) is 7.42. The van der Waals surface area contributed by atoms with Gasteiger partial charge in [0.25, 0.3) is 0 Å². The van der Waals surface area contributed by atoms with Crippen molar-refractivity contribution < 1.29 is 9.18 Å². The lowest BCUT2D eigenvalue weighted by Gasteiger charge is -2.31. The molecule has 0 unspecified atom stereocenters. The number of urea groups is 1. The van der Waals surface area contributed by atoms with Crippen molar-refractivity contribution >= 4 is 6.03 Å². The van der Waals surface area contributed by atoms with Gasteiger partial charge in [0, 0.05) is 19.6 Å². The van der Waals surface area contributed by atoms with Crippen LogP contribution in [0.5, 0.6) is 0 Å². The SMILES string of the molecule is CN(C(=O)NCCc1ccc(F)cc1)C1CCCCC1. The highest BCUT2D eigenvalue weighted by Crippen LogP contribution is 2.21. The summed E-state index contributed by atoms with van der Waals surface area (Å²) in [4.78, 5) is 13.9. The summed E-state index contributed by atoms with van der Waals surface area (Å²) in [5.74, 6) is -0.227. The van der Waals surface area contributed by atoms with E-state index in [1.165, 1.54) is 31.4 Å². The maximum Gasteiger partial charge on any atom is 0.317 e. The van der Waals surface area contributed by atoms with E-state index in [1.807, 2.05) is 11.9 Å².